The first-order valence-corrected chi connectivity index (χ1v) is 6.88. The van der Waals surface area contributed by atoms with Gasteiger partial charge in [-0.15, -0.1) is 0 Å². The van der Waals surface area contributed by atoms with E-state index in [2.05, 4.69) is 18.7 Å². The van der Waals surface area contributed by atoms with Gasteiger partial charge in [0.2, 0.25) is 0 Å². The highest BCUT2D eigenvalue weighted by Crippen LogP contribution is 2.28. The lowest BCUT2D eigenvalue weighted by atomic mass is 10.1. The van der Waals surface area contributed by atoms with Crippen molar-refractivity contribution in [3.8, 4) is 0 Å². The lowest BCUT2D eigenvalue weighted by molar-refractivity contribution is 0.189. The Hall–Kier alpha value is -0.930. The summed E-state index contributed by atoms with van der Waals surface area (Å²) in [4.78, 5) is 2.49. The van der Waals surface area contributed by atoms with E-state index in [0.29, 0.717) is 18.6 Å². The minimum Gasteiger partial charge on any atom is -0.326 e. The predicted octanol–water partition coefficient (Wildman–Crippen LogP) is 3.05. The maximum atomic E-state index is 13.4. The third-order valence-corrected chi connectivity index (χ3v) is 4.17. The SMILES string of the molecule is CCC1CCC(C)N1Cc1cc(F)ccc1CN. The van der Waals surface area contributed by atoms with Gasteiger partial charge in [0.05, 0.1) is 0 Å². The Morgan fingerprint density at radius 2 is 2.11 bits per heavy atom. The number of hydrogen-bond donors (Lipinski definition) is 1. The van der Waals surface area contributed by atoms with Crippen LogP contribution in [0.2, 0.25) is 0 Å². The standard InChI is InChI=1S/C15H23FN2/c1-3-15-7-4-11(2)18(15)10-13-8-14(16)6-5-12(13)9-17/h5-6,8,11,15H,3-4,7,9-10,17H2,1-2H3. The van der Waals surface area contributed by atoms with Crippen LogP contribution in [0.15, 0.2) is 18.2 Å². The Balaban J connectivity index is 2.19. The zero-order valence-electron chi connectivity index (χ0n) is 11.3. The Bertz CT molecular complexity index is 405. The van der Waals surface area contributed by atoms with Crippen molar-refractivity contribution in [3.05, 3.63) is 35.1 Å². The summed E-state index contributed by atoms with van der Waals surface area (Å²) in [6.45, 7) is 5.79. The first-order valence-electron chi connectivity index (χ1n) is 6.88. The molecule has 1 aromatic carbocycles. The van der Waals surface area contributed by atoms with Gasteiger partial charge in [0, 0.05) is 25.2 Å². The Morgan fingerprint density at radius 3 is 2.78 bits per heavy atom. The molecule has 18 heavy (non-hydrogen) atoms. The number of nitrogens with zero attached hydrogens (tertiary/aromatic N) is 1. The van der Waals surface area contributed by atoms with Crippen LogP contribution in [-0.2, 0) is 13.1 Å². The third-order valence-electron chi connectivity index (χ3n) is 4.17. The van der Waals surface area contributed by atoms with Gasteiger partial charge in [-0.05, 0) is 49.4 Å². The van der Waals surface area contributed by atoms with Crippen LogP contribution in [-0.4, -0.2) is 17.0 Å². The number of rotatable bonds is 4. The van der Waals surface area contributed by atoms with Gasteiger partial charge in [-0.2, -0.15) is 0 Å². The third kappa shape index (κ3) is 2.73. The summed E-state index contributed by atoms with van der Waals surface area (Å²) in [5.74, 6) is -0.165. The monoisotopic (exact) mass is 250 g/mol. The predicted molar refractivity (Wildman–Crippen MR) is 72.6 cm³/mol. The van der Waals surface area contributed by atoms with Crippen LogP contribution in [0.4, 0.5) is 4.39 Å². The highest BCUT2D eigenvalue weighted by atomic mass is 19.1. The van der Waals surface area contributed by atoms with Gasteiger partial charge in [0.15, 0.2) is 0 Å². The van der Waals surface area contributed by atoms with Crippen molar-refractivity contribution < 1.29 is 4.39 Å². The quantitative estimate of drug-likeness (QED) is 0.890. The highest BCUT2D eigenvalue weighted by molar-refractivity contribution is 5.28. The average Bonchev–Trinajstić information content (AvgIpc) is 2.71. The van der Waals surface area contributed by atoms with Gasteiger partial charge >= 0.3 is 0 Å². The van der Waals surface area contributed by atoms with E-state index in [1.807, 2.05) is 6.07 Å². The second kappa shape index (κ2) is 5.81. The highest BCUT2D eigenvalue weighted by Gasteiger charge is 2.29. The fourth-order valence-corrected chi connectivity index (χ4v) is 2.99. The maximum Gasteiger partial charge on any atom is 0.123 e. The van der Waals surface area contributed by atoms with Crippen LogP contribution in [0.5, 0.6) is 0 Å². The summed E-state index contributed by atoms with van der Waals surface area (Å²) in [6, 6.07) is 6.17. The molecule has 2 N–H and O–H groups in total. The number of halogens is 1. The molecule has 1 fully saturated rings. The summed E-state index contributed by atoms with van der Waals surface area (Å²) < 4.78 is 13.4. The molecule has 1 saturated heterocycles. The zero-order chi connectivity index (χ0) is 13.1. The molecule has 100 valence electrons. The molecule has 0 aliphatic carbocycles. The lowest BCUT2D eigenvalue weighted by Gasteiger charge is -2.28. The summed E-state index contributed by atoms with van der Waals surface area (Å²) in [7, 11) is 0. The molecule has 0 spiro atoms. The number of hydrogen-bond acceptors (Lipinski definition) is 2. The van der Waals surface area contributed by atoms with Gasteiger partial charge in [0.1, 0.15) is 5.82 Å². The second-order valence-electron chi connectivity index (χ2n) is 5.28. The molecule has 0 bridgehead atoms. The van der Waals surface area contributed by atoms with Crippen molar-refractivity contribution in [2.24, 2.45) is 5.73 Å². The first kappa shape index (κ1) is 13.5. The van der Waals surface area contributed by atoms with Crippen LogP contribution in [0, 0.1) is 5.82 Å². The normalized spacial score (nSPS) is 24.7. The number of likely N-dealkylation sites (tertiary alicyclic amines) is 1. The minimum atomic E-state index is -0.165. The molecular weight excluding hydrogens is 227 g/mol. The Labute approximate surface area is 109 Å². The van der Waals surface area contributed by atoms with Gasteiger partial charge in [0.25, 0.3) is 0 Å². The van der Waals surface area contributed by atoms with Gasteiger partial charge in [-0.1, -0.05) is 13.0 Å². The molecule has 0 aromatic heterocycles. The van der Waals surface area contributed by atoms with E-state index in [1.165, 1.54) is 18.9 Å². The average molecular weight is 250 g/mol. The van der Waals surface area contributed by atoms with Crippen molar-refractivity contribution >= 4 is 0 Å². The van der Waals surface area contributed by atoms with Crippen molar-refractivity contribution in [1.82, 2.24) is 4.90 Å². The van der Waals surface area contributed by atoms with Crippen molar-refractivity contribution in [2.45, 2.75) is 58.3 Å². The second-order valence-corrected chi connectivity index (χ2v) is 5.28. The molecule has 0 saturated carbocycles. The van der Waals surface area contributed by atoms with E-state index < -0.39 is 0 Å². The molecule has 3 heteroatoms. The first-order chi connectivity index (χ1) is 8.65. The largest absolute Gasteiger partial charge is 0.326 e. The maximum absolute atomic E-state index is 13.4. The fraction of sp³-hybridized carbons (Fsp3) is 0.600. The fourth-order valence-electron chi connectivity index (χ4n) is 2.99. The lowest BCUT2D eigenvalue weighted by Crippen LogP contribution is -2.34. The molecule has 1 aliphatic heterocycles. The summed E-state index contributed by atoms with van der Waals surface area (Å²) in [5, 5.41) is 0. The Morgan fingerprint density at radius 1 is 1.33 bits per heavy atom. The summed E-state index contributed by atoms with van der Waals surface area (Å²) in [5.41, 5.74) is 7.84. The minimum absolute atomic E-state index is 0.165. The van der Waals surface area contributed by atoms with Crippen molar-refractivity contribution in [3.63, 3.8) is 0 Å². The van der Waals surface area contributed by atoms with Crippen LogP contribution in [0.25, 0.3) is 0 Å². The van der Waals surface area contributed by atoms with Crippen LogP contribution >= 0.6 is 0 Å². The number of benzene rings is 1. The number of nitrogens with two attached hydrogens (primary N) is 1. The molecule has 2 atom stereocenters. The van der Waals surface area contributed by atoms with E-state index in [9.17, 15) is 4.39 Å². The van der Waals surface area contributed by atoms with E-state index >= 15 is 0 Å². The molecule has 1 heterocycles. The Kier molecular flexibility index (Phi) is 4.36. The van der Waals surface area contributed by atoms with Gasteiger partial charge in [-0.3, -0.25) is 4.90 Å². The van der Waals surface area contributed by atoms with E-state index in [-0.39, 0.29) is 5.82 Å². The molecule has 1 aliphatic rings. The van der Waals surface area contributed by atoms with Crippen LogP contribution in [0.1, 0.15) is 44.2 Å². The summed E-state index contributed by atoms with van der Waals surface area (Å²) in [6.07, 6.45) is 3.66. The van der Waals surface area contributed by atoms with Crippen LogP contribution < -0.4 is 5.73 Å². The molecule has 0 radical (unpaired) electrons. The topological polar surface area (TPSA) is 29.3 Å². The zero-order valence-corrected chi connectivity index (χ0v) is 11.3. The van der Waals surface area contributed by atoms with E-state index in [1.54, 1.807) is 6.07 Å². The smallest absolute Gasteiger partial charge is 0.123 e. The molecular formula is C15H23FN2. The van der Waals surface area contributed by atoms with E-state index in [0.717, 1.165) is 24.1 Å². The van der Waals surface area contributed by atoms with Gasteiger partial charge in [-0.25, -0.2) is 4.39 Å². The van der Waals surface area contributed by atoms with Crippen LogP contribution in [0.3, 0.4) is 0 Å². The van der Waals surface area contributed by atoms with E-state index in [4.69, 9.17) is 5.73 Å². The van der Waals surface area contributed by atoms with Crippen molar-refractivity contribution in [2.75, 3.05) is 0 Å². The van der Waals surface area contributed by atoms with Crippen molar-refractivity contribution in [1.29, 1.82) is 0 Å². The molecule has 2 unspecified atom stereocenters. The molecule has 0 amide bonds. The van der Waals surface area contributed by atoms with Gasteiger partial charge < -0.3 is 5.73 Å². The molecule has 2 rings (SSSR count). The molecule has 1 aromatic rings. The summed E-state index contributed by atoms with van der Waals surface area (Å²) >= 11 is 0. The molecule has 2 nitrogen and oxygen atoms in total.